The number of carbonyl (C=O) groups is 2. The van der Waals surface area contributed by atoms with Gasteiger partial charge in [0.15, 0.2) is 23.1 Å². The number of urea groups is 1. The SMILES string of the molecule is CCOC(=O)c1nc(-c2ccc(NC(=O)Nc3ccc(N4CCN(C)CC4)nc3)cc2)nc(N2CCOCC2)c1OCC. The van der Waals surface area contributed by atoms with Crippen LogP contribution in [0.4, 0.5) is 27.8 Å². The van der Waals surface area contributed by atoms with E-state index in [0.29, 0.717) is 67.2 Å². The van der Waals surface area contributed by atoms with Crippen LogP contribution in [0, 0.1) is 0 Å². The second kappa shape index (κ2) is 14.1. The molecule has 0 aliphatic carbocycles. The molecule has 0 spiro atoms. The average molecular weight is 591 g/mol. The van der Waals surface area contributed by atoms with E-state index >= 15 is 0 Å². The maximum atomic E-state index is 12.9. The predicted molar refractivity (Wildman–Crippen MR) is 164 cm³/mol. The topological polar surface area (TPSA) is 134 Å². The first-order valence-electron chi connectivity index (χ1n) is 14.6. The Balaban J connectivity index is 1.29. The van der Waals surface area contributed by atoms with Gasteiger partial charge in [-0.25, -0.2) is 24.5 Å². The summed E-state index contributed by atoms with van der Waals surface area (Å²) in [6, 6.07) is 10.5. The molecule has 2 fully saturated rings. The summed E-state index contributed by atoms with van der Waals surface area (Å²) in [7, 11) is 2.11. The lowest BCUT2D eigenvalue weighted by Gasteiger charge is -2.33. The van der Waals surface area contributed by atoms with Crippen molar-refractivity contribution in [1.82, 2.24) is 19.9 Å². The van der Waals surface area contributed by atoms with Gasteiger partial charge in [0, 0.05) is 50.5 Å². The van der Waals surface area contributed by atoms with Gasteiger partial charge in [-0.05, 0) is 57.3 Å². The van der Waals surface area contributed by atoms with Crippen molar-refractivity contribution in [2.75, 3.05) is 93.2 Å². The Morgan fingerprint density at radius 3 is 2.21 bits per heavy atom. The number of aromatic nitrogens is 3. The number of piperazine rings is 1. The lowest BCUT2D eigenvalue weighted by molar-refractivity contribution is 0.0514. The third-order valence-electron chi connectivity index (χ3n) is 7.15. The lowest BCUT2D eigenvalue weighted by atomic mass is 10.2. The van der Waals surface area contributed by atoms with Crippen LogP contribution in [0.25, 0.3) is 11.4 Å². The number of pyridine rings is 1. The first-order chi connectivity index (χ1) is 20.9. The van der Waals surface area contributed by atoms with E-state index in [1.807, 2.05) is 24.0 Å². The number of carbonyl (C=O) groups excluding carboxylic acids is 2. The number of amides is 2. The second-order valence-corrected chi connectivity index (χ2v) is 10.2. The van der Waals surface area contributed by atoms with Gasteiger partial charge in [-0.15, -0.1) is 0 Å². The molecule has 0 radical (unpaired) electrons. The molecule has 4 heterocycles. The number of nitrogens with zero attached hydrogens (tertiary/aromatic N) is 6. The van der Waals surface area contributed by atoms with Crippen LogP contribution in [0.2, 0.25) is 0 Å². The highest BCUT2D eigenvalue weighted by molar-refractivity contribution is 5.99. The zero-order valence-corrected chi connectivity index (χ0v) is 24.8. The molecule has 0 saturated carbocycles. The predicted octanol–water partition coefficient (Wildman–Crippen LogP) is 3.35. The number of morpholine rings is 1. The summed E-state index contributed by atoms with van der Waals surface area (Å²) in [6.45, 7) is 10.2. The summed E-state index contributed by atoms with van der Waals surface area (Å²) >= 11 is 0. The number of ether oxygens (including phenoxy) is 3. The quantitative estimate of drug-likeness (QED) is 0.355. The van der Waals surface area contributed by atoms with Crippen molar-refractivity contribution in [2.45, 2.75) is 13.8 Å². The van der Waals surface area contributed by atoms with E-state index in [1.165, 1.54) is 0 Å². The van der Waals surface area contributed by atoms with E-state index in [0.717, 1.165) is 32.0 Å². The molecular weight excluding hydrogens is 552 g/mol. The van der Waals surface area contributed by atoms with E-state index in [2.05, 4.69) is 37.4 Å². The molecule has 2 aromatic heterocycles. The molecule has 0 unspecified atom stereocenters. The van der Waals surface area contributed by atoms with Gasteiger partial charge in [-0.2, -0.15) is 0 Å². The largest absolute Gasteiger partial charge is 0.488 e. The van der Waals surface area contributed by atoms with Crippen molar-refractivity contribution >= 4 is 35.0 Å². The summed E-state index contributed by atoms with van der Waals surface area (Å²) < 4.78 is 16.7. The number of hydrogen-bond donors (Lipinski definition) is 2. The first kappa shape index (κ1) is 30.0. The van der Waals surface area contributed by atoms with E-state index in [1.54, 1.807) is 37.4 Å². The highest BCUT2D eigenvalue weighted by Gasteiger charge is 2.27. The number of likely N-dealkylation sites (N-methyl/N-ethyl adjacent to an activating group) is 1. The summed E-state index contributed by atoms with van der Waals surface area (Å²) in [5.41, 5.74) is 1.91. The van der Waals surface area contributed by atoms with Gasteiger partial charge in [-0.1, -0.05) is 0 Å². The summed E-state index contributed by atoms with van der Waals surface area (Å²) in [5, 5.41) is 5.66. The minimum absolute atomic E-state index is 0.0732. The Kier molecular flexibility index (Phi) is 9.84. The number of benzene rings is 1. The number of esters is 1. The molecule has 3 aromatic rings. The Morgan fingerprint density at radius 1 is 0.860 bits per heavy atom. The minimum atomic E-state index is -0.579. The molecule has 1 aromatic carbocycles. The molecule has 228 valence electrons. The van der Waals surface area contributed by atoms with Crippen molar-refractivity contribution < 1.29 is 23.8 Å². The average Bonchev–Trinajstić information content (AvgIpc) is 3.03. The fourth-order valence-corrected chi connectivity index (χ4v) is 4.85. The molecule has 0 atom stereocenters. The van der Waals surface area contributed by atoms with Gasteiger partial charge in [0.05, 0.1) is 38.3 Å². The van der Waals surface area contributed by atoms with Crippen LogP contribution in [0.5, 0.6) is 5.75 Å². The van der Waals surface area contributed by atoms with Gasteiger partial charge in [0.1, 0.15) is 5.82 Å². The molecular formula is C30H38N8O5. The van der Waals surface area contributed by atoms with Crippen molar-refractivity contribution in [3.8, 4) is 17.1 Å². The normalized spacial score (nSPS) is 15.6. The lowest BCUT2D eigenvalue weighted by Crippen LogP contribution is -2.44. The third kappa shape index (κ3) is 7.48. The van der Waals surface area contributed by atoms with E-state index in [9.17, 15) is 9.59 Å². The number of rotatable bonds is 9. The van der Waals surface area contributed by atoms with Crippen LogP contribution in [0.1, 0.15) is 24.3 Å². The van der Waals surface area contributed by atoms with Crippen LogP contribution in [0.15, 0.2) is 42.6 Å². The van der Waals surface area contributed by atoms with Crippen LogP contribution in [0.3, 0.4) is 0 Å². The van der Waals surface area contributed by atoms with Crippen LogP contribution in [-0.2, 0) is 9.47 Å². The van der Waals surface area contributed by atoms with E-state index < -0.39 is 12.0 Å². The molecule has 2 amide bonds. The van der Waals surface area contributed by atoms with Crippen molar-refractivity contribution in [3.05, 3.63) is 48.3 Å². The molecule has 2 aliphatic heterocycles. The zero-order valence-electron chi connectivity index (χ0n) is 24.8. The summed E-state index contributed by atoms with van der Waals surface area (Å²) in [4.78, 5) is 46.0. The number of anilines is 4. The summed E-state index contributed by atoms with van der Waals surface area (Å²) in [6.07, 6.45) is 1.66. The minimum Gasteiger partial charge on any atom is -0.488 e. The zero-order chi connectivity index (χ0) is 30.2. The fourth-order valence-electron chi connectivity index (χ4n) is 4.85. The molecule has 2 N–H and O–H groups in total. The fraction of sp³-hybridized carbons (Fsp3) is 0.433. The number of nitrogens with one attached hydrogen (secondary N) is 2. The van der Waals surface area contributed by atoms with Crippen molar-refractivity contribution in [2.24, 2.45) is 0 Å². The van der Waals surface area contributed by atoms with Crippen LogP contribution < -0.4 is 25.2 Å². The Labute approximate surface area is 251 Å². The molecule has 43 heavy (non-hydrogen) atoms. The van der Waals surface area contributed by atoms with Crippen molar-refractivity contribution in [3.63, 3.8) is 0 Å². The third-order valence-corrected chi connectivity index (χ3v) is 7.15. The van der Waals surface area contributed by atoms with E-state index in [4.69, 9.17) is 19.2 Å². The maximum Gasteiger partial charge on any atom is 0.361 e. The van der Waals surface area contributed by atoms with Gasteiger partial charge in [-0.3, -0.25) is 0 Å². The molecule has 2 saturated heterocycles. The van der Waals surface area contributed by atoms with Gasteiger partial charge < -0.3 is 39.5 Å². The second-order valence-electron chi connectivity index (χ2n) is 10.2. The monoisotopic (exact) mass is 590 g/mol. The molecule has 0 bridgehead atoms. The first-order valence-corrected chi connectivity index (χ1v) is 14.6. The molecule has 2 aliphatic rings. The Bertz CT molecular complexity index is 1390. The Morgan fingerprint density at radius 2 is 1.56 bits per heavy atom. The van der Waals surface area contributed by atoms with Gasteiger partial charge in [0.2, 0.25) is 0 Å². The highest BCUT2D eigenvalue weighted by atomic mass is 16.5. The summed E-state index contributed by atoms with van der Waals surface area (Å²) in [5.74, 6) is 1.48. The van der Waals surface area contributed by atoms with E-state index in [-0.39, 0.29) is 12.3 Å². The highest BCUT2D eigenvalue weighted by Crippen LogP contribution is 2.33. The molecule has 13 nitrogen and oxygen atoms in total. The van der Waals surface area contributed by atoms with Gasteiger partial charge >= 0.3 is 12.0 Å². The van der Waals surface area contributed by atoms with Gasteiger partial charge in [0.25, 0.3) is 0 Å². The molecule has 13 heteroatoms. The maximum absolute atomic E-state index is 12.9. The smallest absolute Gasteiger partial charge is 0.361 e. The number of hydrogen-bond acceptors (Lipinski definition) is 11. The Hall–Kier alpha value is -4.49. The van der Waals surface area contributed by atoms with Crippen LogP contribution in [-0.4, -0.2) is 105 Å². The molecule has 5 rings (SSSR count). The van der Waals surface area contributed by atoms with Crippen molar-refractivity contribution in [1.29, 1.82) is 0 Å². The standard InChI is InChI=1S/C30H38N8O5/c1-4-42-26-25(29(39)43-5-2)34-27(35-28(26)38-16-18-41-19-17-38)21-6-8-22(9-7-21)32-30(40)33-23-10-11-24(31-20-23)37-14-12-36(3)13-15-37/h6-11,20H,4-5,12-19H2,1-3H3,(H2,32,33,40). The van der Waals surface area contributed by atoms with Crippen LogP contribution >= 0.6 is 0 Å².